The fourth-order valence-electron chi connectivity index (χ4n) is 3.29. The van der Waals surface area contributed by atoms with E-state index in [1.807, 2.05) is 30.9 Å². The summed E-state index contributed by atoms with van der Waals surface area (Å²) in [5.41, 5.74) is 2.91. The minimum absolute atomic E-state index is 0.0876. The number of piperazine rings is 1. The van der Waals surface area contributed by atoms with Gasteiger partial charge in [0.2, 0.25) is 0 Å². The van der Waals surface area contributed by atoms with Crippen molar-refractivity contribution in [2.75, 3.05) is 26.2 Å². The van der Waals surface area contributed by atoms with Gasteiger partial charge in [-0.1, -0.05) is 11.6 Å². The van der Waals surface area contributed by atoms with Crippen molar-refractivity contribution >= 4 is 17.5 Å². The van der Waals surface area contributed by atoms with Crippen LogP contribution in [0.3, 0.4) is 0 Å². The van der Waals surface area contributed by atoms with Crippen molar-refractivity contribution in [3.8, 4) is 0 Å². The molecule has 0 radical (unpaired) electrons. The summed E-state index contributed by atoms with van der Waals surface area (Å²) in [5.74, 6) is 0.0876. The number of hydrogen-bond donors (Lipinski definition) is 0. The van der Waals surface area contributed by atoms with Crippen LogP contribution in [0.1, 0.15) is 34.3 Å². The van der Waals surface area contributed by atoms with Crippen LogP contribution in [0.5, 0.6) is 0 Å². The van der Waals surface area contributed by atoms with Gasteiger partial charge in [0.05, 0.1) is 10.6 Å². The van der Waals surface area contributed by atoms with Crippen LogP contribution in [0.25, 0.3) is 0 Å². The highest BCUT2D eigenvalue weighted by Crippen LogP contribution is 2.26. The Bertz CT molecular complexity index is 544. The monoisotopic (exact) mass is 292 g/mol. The topological polar surface area (TPSA) is 23.6 Å². The summed E-state index contributed by atoms with van der Waals surface area (Å²) in [7, 11) is 0. The Balaban J connectivity index is 1.80. The molecule has 0 spiro atoms. The highest BCUT2D eigenvalue weighted by atomic mass is 35.5. The first-order valence-corrected chi connectivity index (χ1v) is 7.74. The zero-order chi connectivity index (χ0) is 14.3. The van der Waals surface area contributed by atoms with Gasteiger partial charge in [0.1, 0.15) is 0 Å². The zero-order valence-electron chi connectivity index (χ0n) is 12.2. The third-order valence-corrected chi connectivity index (χ3v) is 5.00. The smallest absolute Gasteiger partial charge is 0.255 e. The maximum atomic E-state index is 12.7. The van der Waals surface area contributed by atoms with Crippen molar-refractivity contribution in [3.05, 3.63) is 33.8 Å². The lowest BCUT2D eigenvalue weighted by Crippen LogP contribution is -2.52. The number of benzene rings is 1. The molecule has 1 atom stereocenters. The van der Waals surface area contributed by atoms with Crippen molar-refractivity contribution in [2.24, 2.45) is 0 Å². The van der Waals surface area contributed by atoms with Crippen LogP contribution in [0.4, 0.5) is 0 Å². The van der Waals surface area contributed by atoms with Gasteiger partial charge in [-0.3, -0.25) is 9.69 Å². The second kappa shape index (κ2) is 5.38. The van der Waals surface area contributed by atoms with Gasteiger partial charge in [0, 0.05) is 25.7 Å². The predicted molar refractivity (Wildman–Crippen MR) is 81.4 cm³/mol. The number of carbonyl (C=O) groups is 1. The van der Waals surface area contributed by atoms with Crippen LogP contribution in [0.15, 0.2) is 12.1 Å². The minimum atomic E-state index is 0.0876. The third-order valence-electron chi connectivity index (χ3n) is 4.69. The molecule has 0 bridgehead atoms. The van der Waals surface area contributed by atoms with E-state index in [1.54, 1.807) is 0 Å². The van der Waals surface area contributed by atoms with E-state index in [0.29, 0.717) is 16.6 Å². The lowest BCUT2D eigenvalue weighted by molar-refractivity contribution is 0.0571. The molecule has 2 aliphatic heterocycles. The lowest BCUT2D eigenvalue weighted by atomic mass is 10.0. The molecule has 4 heteroatoms. The molecule has 3 nitrogen and oxygen atoms in total. The highest BCUT2D eigenvalue weighted by molar-refractivity contribution is 6.34. The molecule has 0 saturated carbocycles. The van der Waals surface area contributed by atoms with E-state index in [2.05, 4.69) is 4.90 Å². The van der Waals surface area contributed by atoms with Gasteiger partial charge in [0.25, 0.3) is 5.91 Å². The molecule has 0 aromatic heterocycles. The third kappa shape index (κ3) is 2.45. The van der Waals surface area contributed by atoms with Gasteiger partial charge < -0.3 is 4.90 Å². The van der Waals surface area contributed by atoms with Crippen LogP contribution < -0.4 is 0 Å². The van der Waals surface area contributed by atoms with Gasteiger partial charge in [-0.15, -0.1) is 0 Å². The Hall–Kier alpha value is -1.06. The first-order valence-electron chi connectivity index (χ1n) is 7.36. The second-order valence-electron chi connectivity index (χ2n) is 6.00. The second-order valence-corrected chi connectivity index (χ2v) is 6.41. The van der Waals surface area contributed by atoms with Gasteiger partial charge >= 0.3 is 0 Å². The molecule has 0 unspecified atom stereocenters. The van der Waals surface area contributed by atoms with E-state index in [4.69, 9.17) is 11.6 Å². The number of fused-ring (bicyclic) bond motifs is 1. The molecule has 1 aromatic rings. The molecule has 20 heavy (non-hydrogen) atoms. The number of rotatable bonds is 1. The van der Waals surface area contributed by atoms with Gasteiger partial charge in [-0.25, -0.2) is 0 Å². The Morgan fingerprint density at radius 1 is 1.20 bits per heavy atom. The molecule has 0 N–H and O–H groups in total. The van der Waals surface area contributed by atoms with Crippen LogP contribution in [0.2, 0.25) is 5.02 Å². The number of aryl methyl sites for hydroxylation is 2. The summed E-state index contributed by atoms with van der Waals surface area (Å²) in [4.78, 5) is 17.2. The largest absolute Gasteiger partial charge is 0.336 e. The molecule has 3 rings (SSSR count). The molecular formula is C16H21ClN2O. The van der Waals surface area contributed by atoms with Crippen molar-refractivity contribution in [1.82, 2.24) is 9.80 Å². The Labute approximate surface area is 125 Å². The summed E-state index contributed by atoms with van der Waals surface area (Å²) in [6.07, 6.45) is 2.47. The van der Waals surface area contributed by atoms with Crippen molar-refractivity contribution in [3.63, 3.8) is 0 Å². The van der Waals surface area contributed by atoms with Crippen molar-refractivity contribution < 1.29 is 4.79 Å². The van der Waals surface area contributed by atoms with E-state index in [0.717, 1.165) is 30.8 Å². The van der Waals surface area contributed by atoms with E-state index in [-0.39, 0.29) is 5.91 Å². The Morgan fingerprint density at radius 2 is 1.95 bits per heavy atom. The van der Waals surface area contributed by atoms with Crippen LogP contribution in [0, 0.1) is 13.8 Å². The summed E-state index contributed by atoms with van der Waals surface area (Å²) in [6.45, 7) is 7.90. The number of hydrogen-bond acceptors (Lipinski definition) is 2. The maximum absolute atomic E-state index is 12.7. The van der Waals surface area contributed by atoms with Gasteiger partial charge in [0.15, 0.2) is 0 Å². The van der Waals surface area contributed by atoms with E-state index in [9.17, 15) is 4.79 Å². The van der Waals surface area contributed by atoms with Crippen LogP contribution >= 0.6 is 11.6 Å². The number of amides is 1. The van der Waals surface area contributed by atoms with Crippen LogP contribution in [-0.2, 0) is 0 Å². The first kappa shape index (κ1) is 13.9. The van der Waals surface area contributed by atoms with E-state index >= 15 is 0 Å². The zero-order valence-corrected chi connectivity index (χ0v) is 12.9. The summed E-state index contributed by atoms with van der Waals surface area (Å²) in [6, 6.07) is 4.38. The average molecular weight is 293 g/mol. The maximum Gasteiger partial charge on any atom is 0.255 e. The highest BCUT2D eigenvalue weighted by Gasteiger charge is 2.33. The fourth-order valence-corrected chi connectivity index (χ4v) is 3.59. The fraction of sp³-hybridized carbons (Fsp3) is 0.562. The molecule has 108 valence electrons. The SMILES string of the molecule is Cc1cc(Cl)c(C(=O)N2CCN3CCC[C@@H]3C2)cc1C. The average Bonchev–Trinajstić information content (AvgIpc) is 2.89. The molecule has 2 saturated heterocycles. The summed E-state index contributed by atoms with van der Waals surface area (Å²) < 4.78 is 0. The van der Waals surface area contributed by atoms with Crippen molar-refractivity contribution in [2.45, 2.75) is 32.7 Å². The number of carbonyl (C=O) groups excluding carboxylic acids is 1. The van der Waals surface area contributed by atoms with E-state index < -0.39 is 0 Å². The summed E-state index contributed by atoms with van der Waals surface area (Å²) >= 11 is 6.27. The molecule has 1 amide bonds. The molecular weight excluding hydrogens is 272 g/mol. The van der Waals surface area contributed by atoms with Crippen LogP contribution in [-0.4, -0.2) is 47.9 Å². The Morgan fingerprint density at radius 3 is 2.75 bits per heavy atom. The number of nitrogens with zero attached hydrogens (tertiary/aromatic N) is 2. The molecule has 1 aromatic carbocycles. The van der Waals surface area contributed by atoms with Gasteiger partial charge in [-0.05, 0) is 56.5 Å². The standard InChI is InChI=1S/C16H21ClN2O/c1-11-8-14(15(17)9-12(11)2)16(20)19-7-6-18-5-3-4-13(18)10-19/h8-9,13H,3-7,10H2,1-2H3/t13-/m1/s1. The molecule has 2 fully saturated rings. The molecule has 2 heterocycles. The molecule has 2 aliphatic rings. The Kier molecular flexibility index (Phi) is 3.74. The number of halogens is 1. The molecule has 0 aliphatic carbocycles. The van der Waals surface area contributed by atoms with E-state index in [1.165, 1.54) is 19.4 Å². The first-order chi connectivity index (χ1) is 9.56. The predicted octanol–water partition coefficient (Wildman–Crippen LogP) is 2.88. The van der Waals surface area contributed by atoms with Crippen molar-refractivity contribution in [1.29, 1.82) is 0 Å². The minimum Gasteiger partial charge on any atom is -0.336 e. The lowest BCUT2D eigenvalue weighted by Gasteiger charge is -2.37. The quantitative estimate of drug-likeness (QED) is 0.795. The summed E-state index contributed by atoms with van der Waals surface area (Å²) in [5, 5.41) is 0.576. The normalized spacial score (nSPS) is 22.9. The van der Waals surface area contributed by atoms with Gasteiger partial charge in [-0.2, -0.15) is 0 Å².